The second kappa shape index (κ2) is 7.30. The second-order valence-electron chi connectivity index (χ2n) is 6.36. The van der Waals surface area contributed by atoms with E-state index in [1.54, 1.807) is 24.5 Å². The van der Waals surface area contributed by atoms with Crippen LogP contribution in [0.1, 0.15) is 48.4 Å². The van der Waals surface area contributed by atoms with Gasteiger partial charge in [-0.05, 0) is 24.0 Å². The van der Waals surface area contributed by atoms with E-state index in [1.807, 2.05) is 12.1 Å². The van der Waals surface area contributed by atoms with Gasteiger partial charge in [-0.1, -0.05) is 32.0 Å². The molecule has 1 aromatic carbocycles. The first kappa shape index (κ1) is 16.9. The maximum Gasteiger partial charge on any atom is 0.191 e. The molecule has 0 spiro atoms. The predicted octanol–water partition coefficient (Wildman–Crippen LogP) is 3.63. The third kappa shape index (κ3) is 3.93. The Balaban J connectivity index is 1.52. The van der Waals surface area contributed by atoms with E-state index in [2.05, 4.69) is 39.8 Å². The zero-order valence-electron chi connectivity index (χ0n) is 14.2. The summed E-state index contributed by atoms with van der Waals surface area (Å²) < 4.78 is 13.8. The molecule has 128 valence electrons. The highest BCUT2D eigenvalue weighted by atomic mass is 32.1. The lowest BCUT2D eigenvalue weighted by Crippen LogP contribution is -2.38. The lowest BCUT2D eigenvalue weighted by atomic mass is 10.1. The fourth-order valence-corrected chi connectivity index (χ4v) is 3.57. The first-order valence-electron chi connectivity index (χ1n) is 8.24. The Morgan fingerprint density at radius 1 is 1.42 bits per heavy atom. The van der Waals surface area contributed by atoms with Gasteiger partial charge in [0.1, 0.15) is 10.8 Å². The van der Waals surface area contributed by atoms with Crippen molar-refractivity contribution in [1.29, 1.82) is 0 Å². The second-order valence-corrected chi connectivity index (χ2v) is 7.30. The van der Waals surface area contributed by atoms with Gasteiger partial charge in [0.2, 0.25) is 0 Å². The van der Waals surface area contributed by atoms with Crippen LogP contribution in [0.3, 0.4) is 0 Å². The molecule has 0 aliphatic heterocycles. The van der Waals surface area contributed by atoms with Gasteiger partial charge in [0.05, 0.1) is 12.2 Å². The molecule has 1 saturated carbocycles. The van der Waals surface area contributed by atoms with Crippen LogP contribution in [0.4, 0.5) is 4.39 Å². The van der Waals surface area contributed by atoms with Crippen LogP contribution in [0.2, 0.25) is 0 Å². The van der Waals surface area contributed by atoms with Crippen molar-refractivity contribution in [2.24, 2.45) is 4.99 Å². The van der Waals surface area contributed by atoms with Crippen molar-refractivity contribution in [1.82, 2.24) is 15.6 Å². The number of aromatic nitrogens is 1. The molecule has 1 aliphatic carbocycles. The third-order valence-corrected chi connectivity index (χ3v) is 5.08. The molecule has 24 heavy (non-hydrogen) atoms. The van der Waals surface area contributed by atoms with E-state index in [4.69, 9.17) is 0 Å². The van der Waals surface area contributed by atoms with Crippen molar-refractivity contribution >= 4 is 17.3 Å². The molecule has 2 atom stereocenters. The zero-order valence-corrected chi connectivity index (χ0v) is 15.0. The monoisotopic (exact) mass is 346 g/mol. The first-order valence-corrected chi connectivity index (χ1v) is 9.12. The van der Waals surface area contributed by atoms with E-state index < -0.39 is 0 Å². The molecule has 0 saturated heterocycles. The largest absolute Gasteiger partial charge is 0.353 e. The van der Waals surface area contributed by atoms with Crippen LogP contribution in [-0.2, 0) is 6.54 Å². The Morgan fingerprint density at radius 3 is 2.88 bits per heavy atom. The number of halogens is 1. The van der Waals surface area contributed by atoms with Gasteiger partial charge in [-0.15, -0.1) is 11.3 Å². The molecule has 3 rings (SSSR count). The predicted molar refractivity (Wildman–Crippen MR) is 97.1 cm³/mol. The summed E-state index contributed by atoms with van der Waals surface area (Å²) in [4.78, 5) is 8.86. The smallest absolute Gasteiger partial charge is 0.191 e. The topological polar surface area (TPSA) is 49.3 Å². The molecule has 6 heteroatoms. The minimum Gasteiger partial charge on any atom is -0.353 e. The standard InChI is InChI=1S/C18H23FN4S/c1-11(2)16-10-24-17(22-16)9-21-18(20-3)23-15-8-13(15)12-6-4-5-7-14(12)19/h4-7,10-11,13,15H,8-9H2,1-3H3,(H2,20,21,23). The molecule has 2 N–H and O–H groups in total. The minimum atomic E-state index is -0.126. The Hall–Kier alpha value is -1.95. The molecule has 1 fully saturated rings. The van der Waals surface area contributed by atoms with Crippen molar-refractivity contribution in [3.05, 3.63) is 51.7 Å². The molecular weight excluding hydrogens is 323 g/mol. The quantitative estimate of drug-likeness (QED) is 0.642. The Labute approximate surface area is 146 Å². The zero-order chi connectivity index (χ0) is 17.1. The van der Waals surface area contributed by atoms with E-state index in [0.717, 1.165) is 28.6 Å². The first-order chi connectivity index (χ1) is 11.6. The number of benzene rings is 1. The molecule has 0 radical (unpaired) electrons. The van der Waals surface area contributed by atoms with Gasteiger partial charge in [0.25, 0.3) is 0 Å². The maximum atomic E-state index is 13.8. The van der Waals surface area contributed by atoms with Crippen LogP contribution in [0, 0.1) is 5.82 Å². The Kier molecular flexibility index (Phi) is 5.14. The number of hydrogen-bond acceptors (Lipinski definition) is 3. The van der Waals surface area contributed by atoms with Gasteiger partial charge in [-0.25, -0.2) is 9.37 Å². The average Bonchev–Trinajstić information content (AvgIpc) is 3.15. The molecule has 2 aromatic rings. The molecule has 1 aliphatic rings. The van der Waals surface area contributed by atoms with Gasteiger partial charge in [0.15, 0.2) is 5.96 Å². The number of hydrogen-bond donors (Lipinski definition) is 2. The Morgan fingerprint density at radius 2 is 2.21 bits per heavy atom. The summed E-state index contributed by atoms with van der Waals surface area (Å²) in [5, 5.41) is 9.80. The van der Waals surface area contributed by atoms with Crippen LogP contribution < -0.4 is 10.6 Å². The number of aliphatic imine (C=N–C) groups is 1. The van der Waals surface area contributed by atoms with Crippen LogP contribution in [0.25, 0.3) is 0 Å². The minimum absolute atomic E-state index is 0.126. The van der Waals surface area contributed by atoms with Crippen LogP contribution in [0.5, 0.6) is 0 Å². The summed E-state index contributed by atoms with van der Waals surface area (Å²) in [6.45, 7) is 4.93. The molecular formula is C18H23FN4S. The van der Waals surface area contributed by atoms with Gasteiger partial charge in [0, 0.05) is 24.4 Å². The van der Waals surface area contributed by atoms with E-state index in [1.165, 1.54) is 6.07 Å². The lowest BCUT2D eigenvalue weighted by molar-refractivity contribution is 0.607. The van der Waals surface area contributed by atoms with Crippen LogP contribution in [0.15, 0.2) is 34.6 Å². The molecule has 1 aromatic heterocycles. The van der Waals surface area contributed by atoms with Crippen molar-refractivity contribution < 1.29 is 4.39 Å². The lowest BCUT2D eigenvalue weighted by Gasteiger charge is -2.11. The molecule has 0 bridgehead atoms. The van der Waals surface area contributed by atoms with Gasteiger partial charge in [-0.3, -0.25) is 4.99 Å². The summed E-state index contributed by atoms with van der Waals surface area (Å²) in [6.07, 6.45) is 0.927. The third-order valence-electron chi connectivity index (χ3n) is 4.21. The van der Waals surface area contributed by atoms with Crippen molar-refractivity contribution in [3.63, 3.8) is 0 Å². The molecule has 4 nitrogen and oxygen atoms in total. The van der Waals surface area contributed by atoms with E-state index >= 15 is 0 Å². The van der Waals surface area contributed by atoms with E-state index in [-0.39, 0.29) is 17.8 Å². The normalized spacial score (nSPS) is 20.3. The summed E-state index contributed by atoms with van der Waals surface area (Å²) in [5.41, 5.74) is 1.91. The number of nitrogens with one attached hydrogen (secondary N) is 2. The van der Waals surface area contributed by atoms with Crippen LogP contribution >= 0.6 is 11.3 Å². The average molecular weight is 346 g/mol. The fourth-order valence-electron chi connectivity index (χ4n) is 2.68. The molecule has 0 amide bonds. The van der Waals surface area contributed by atoms with Crippen molar-refractivity contribution in [2.75, 3.05) is 7.05 Å². The van der Waals surface area contributed by atoms with Gasteiger partial charge < -0.3 is 10.6 Å². The molecule has 2 unspecified atom stereocenters. The summed E-state index contributed by atoms with van der Waals surface area (Å²) in [7, 11) is 1.75. The van der Waals surface area contributed by atoms with Gasteiger partial charge >= 0.3 is 0 Å². The number of thiazole rings is 1. The fraction of sp³-hybridized carbons (Fsp3) is 0.444. The SMILES string of the molecule is CN=C(NCc1nc(C(C)C)cs1)NC1CC1c1ccccc1F. The number of nitrogens with zero attached hydrogens (tertiary/aromatic N) is 2. The van der Waals surface area contributed by atoms with Crippen molar-refractivity contribution in [3.8, 4) is 0 Å². The van der Waals surface area contributed by atoms with E-state index in [9.17, 15) is 4.39 Å². The number of rotatable bonds is 5. The number of guanidine groups is 1. The summed E-state index contributed by atoms with van der Waals surface area (Å²) in [6, 6.07) is 7.22. The Bertz CT molecular complexity index is 725. The summed E-state index contributed by atoms with van der Waals surface area (Å²) in [5.74, 6) is 1.27. The summed E-state index contributed by atoms with van der Waals surface area (Å²) >= 11 is 1.66. The highest BCUT2D eigenvalue weighted by molar-refractivity contribution is 7.09. The van der Waals surface area contributed by atoms with Gasteiger partial charge in [-0.2, -0.15) is 0 Å². The van der Waals surface area contributed by atoms with E-state index in [0.29, 0.717) is 12.5 Å². The highest BCUT2D eigenvalue weighted by Crippen LogP contribution is 2.41. The highest BCUT2D eigenvalue weighted by Gasteiger charge is 2.40. The maximum absolute atomic E-state index is 13.8. The van der Waals surface area contributed by atoms with Crippen LogP contribution in [-0.4, -0.2) is 24.0 Å². The van der Waals surface area contributed by atoms with Crippen molar-refractivity contribution in [2.45, 2.75) is 44.7 Å². The molecule has 1 heterocycles.